The summed E-state index contributed by atoms with van der Waals surface area (Å²) in [4.78, 5) is 37.4. The monoisotopic (exact) mass is 440 g/mol. The van der Waals surface area contributed by atoms with Crippen molar-refractivity contribution in [1.82, 2.24) is 10.6 Å². The third-order valence-corrected chi connectivity index (χ3v) is 5.69. The van der Waals surface area contributed by atoms with Crippen LogP contribution in [0, 0.1) is 11.7 Å². The van der Waals surface area contributed by atoms with Gasteiger partial charge in [-0.15, -0.1) is 0 Å². The Morgan fingerprint density at radius 2 is 1.88 bits per heavy atom. The van der Waals surface area contributed by atoms with Crippen LogP contribution in [0.1, 0.15) is 49.9 Å². The van der Waals surface area contributed by atoms with Crippen LogP contribution in [0.2, 0.25) is 0 Å². The summed E-state index contributed by atoms with van der Waals surface area (Å²) in [6.45, 7) is 6.20. The molecule has 1 aliphatic heterocycles. The molecule has 0 radical (unpaired) electrons. The van der Waals surface area contributed by atoms with Gasteiger partial charge in [0.2, 0.25) is 11.8 Å². The molecular weight excluding hydrogens is 411 g/mol. The fourth-order valence-electron chi connectivity index (χ4n) is 3.64. The topological polar surface area (TPSA) is 84.5 Å². The molecule has 0 aliphatic carbocycles. The fourth-order valence-corrected chi connectivity index (χ4v) is 3.64. The Morgan fingerprint density at radius 3 is 2.41 bits per heavy atom. The van der Waals surface area contributed by atoms with Gasteiger partial charge in [0, 0.05) is 19.4 Å². The van der Waals surface area contributed by atoms with E-state index in [1.807, 2.05) is 26.8 Å². The molecule has 1 fully saturated rings. The Morgan fingerprint density at radius 1 is 1.19 bits per heavy atom. The summed E-state index contributed by atoms with van der Waals surface area (Å²) < 4.78 is 19.9. The van der Waals surface area contributed by atoms with Crippen molar-refractivity contribution in [2.45, 2.75) is 45.1 Å². The molecule has 2 N–H and O–H groups in total. The van der Waals surface area contributed by atoms with Gasteiger partial charge in [-0.2, -0.15) is 0 Å². The normalized spacial score (nSPS) is 16.9. The number of benzene rings is 2. The summed E-state index contributed by atoms with van der Waals surface area (Å²) in [6, 6.07) is 10.7. The van der Waals surface area contributed by atoms with E-state index in [4.69, 9.17) is 4.74 Å². The smallest absolute Gasteiger partial charge is 0.226 e. The Balaban J connectivity index is 1.84. The van der Waals surface area contributed by atoms with E-state index >= 15 is 0 Å². The van der Waals surface area contributed by atoms with Gasteiger partial charge >= 0.3 is 0 Å². The molecule has 0 bridgehead atoms. The van der Waals surface area contributed by atoms with E-state index in [1.165, 1.54) is 13.2 Å². The molecule has 170 valence electrons. The Labute approximate surface area is 187 Å². The zero-order valence-electron chi connectivity index (χ0n) is 18.8. The van der Waals surface area contributed by atoms with E-state index in [1.54, 1.807) is 30.3 Å². The van der Waals surface area contributed by atoms with Crippen molar-refractivity contribution in [2.75, 3.05) is 13.7 Å². The lowest BCUT2D eigenvalue weighted by atomic mass is 9.86. The molecule has 2 amide bonds. The predicted molar refractivity (Wildman–Crippen MR) is 119 cm³/mol. The highest BCUT2D eigenvalue weighted by Gasteiger charge is 2.32. The largest absolute Gasteiger partial charge is 0.497 e. The molecule has 2 atom stereocenters. The van der Waals surface area contributed by atoms with Crippen LogP contribution in [-0.2, 0) is 26.2 Å². The molecule has 2 aromatic rings. The van der Waals surface area contributed by atoms with E-state index in [9.17, 15) is 18.8 Å². The summed E-state index contributed by atoms with van der Waals surface area (Å²) in [7, 11) is 1.54. The van der Waals surface area contributed by atoms with Gasteiger partial charge in [-0.3, -0.25) is 14.4 Å². The van der Waals surface area contributed by atoms with E-state index < -0.39 is 17.8 Å². The van der Waals surface area contributed by atoms with Crippen LogP contribution in [0.3, 0.4) is 0 Å². The van der Waals surface area contributed by atoms with Crippen LogP contribution in [0.5, 0.6) is 5.75 Å². The molecule has 3 rings (SSSR count). The first-order valence-electron chi connectivity index (χ1n) is 10.6. The highest BCUT2D eigenvalue weighted by Crippen LogP contribution is 2.26. The van der Waals surface area contributed by atoms with Crippen LogP contribution in [0.4, 0.5) is 4.39 Å². The maximum atomic E-state index is 14.8. The molecule has 2 unspecified atom stereocenters. The summed E-state index contributed by atoms with van der Waals surface area (Å²) in [6.07, 6.45) is -0.0900. The van der Waals surface area contributed by atoms with Crippen molar-refractivity contribution < 1.29 is 23.5 Å². The molecule has 2 aromatic carbocycles. The van der Waals surface area contributed by atoms with Crippen LogP contribution < -0.4 is 15.4 Å². The van der Waals surface area contributed by atoms with Crippen molar-refractivity contribution in [3.05, 3.63) is 65.0 Å². The van der Waals surface area contributed by atoms with Gasteiger partial charge in [-0.05, 0) is 40.3 Å². The number of carbonyl (C=O) groups excluding carboxylic acids is 3. The van der Waals surface area contributed by atoms with Crippen LogP contribution in [0.25, 0.3) is 0 Å². The van der Waals surface area contributed by atoms with Gasteiger partial charge in [-0.1, -0.05) is 45.0 Å². The summed E-state index contributed by atoms with van der Waals surface area (Å²) in [5.74, 6) is -1.31. The first kappa shape index (κ1) is 23.4. The quantitative estimate of drug-likeness (QED) is 0.692. The molecule has 1 heterocycles. The average molecular weight is 441 g/mol. The number of Topliss-reactive ketones (excluding diaryl/α,β-unsaturated/α-hetero) is 1. The molecule has 7 heteroatoms. The van der Waals surface area contributed by atoms with E-state index in [-0.39, 0.29) is 48.0 Å². The third kappa shape index (κ3) is 5.52. The molecule has 0 spiro atoms. The van der Waals surface area contributed by atoms with Gasteiger partial charge in [-0.25, -0.2) is 4.39 Å². The summed E-state index contributed by atoms with van der Waals surface area (Å²) in [5.41, 5.74) is 1.46. The molecule has 32 heavy (non-hydrogen) atoms. The lowest BCUT2D eigenvalue weighted by Gasteiger charge is -2.22. The molecule has 6 nitrogen and oxygen atoms in total. The van der Waals surface area contributed by atoms with Crippen LogP contribution >= 0.6 is 0 Å². The van der Waals surface area contributed by atoms with Gasteiger partial charge < -0.3 is 15.4 Å². The highest BCUT2D eigenvalue weighted by molar-refractivity contribution is 5.94. The SMILES string of the molecule is COc1ccc(C(NC(=O)C2CNC(=O)C2)C(=O)Cc2ccc(C(C)(C)C)cc2F)cc1. The van der Waals surface area contributed by atoms with Crippen LogP contribution in [-0.4, -0.2) is 31.3 Å². The highest BCUT2D eigenvalue weighted by atomic mass is 19.1. The summed E-state index contributed by atoms with van der Waals surface area (Å²) >= 11 is 0. The minimum Gasteiger partial charge on any atom is -0.497 e. The summed E-state index contributed by atoms with van der Waals surface area (Å²) in [5, 5.41) is 5.39. The Kier molecular flexibility index (Phi) is 6.96. The number of amides is 2. The number of nitrogens with one attached hydrogen (secondary N) is 2. The molecule has 0 aromatic heterocycles. The second-order valence-electron chi connectivity index (χ2n) is 9.12. The number of hydrogen-bond acceptors (Lipinski definition) is 4. The number of carbonyl (C=O) groups is 3. The second-order valence-corrected chi connectivity index (χ2v) is 9.12. The minimum atomic E-state index is -0.967. The average Bonchev–Trinajstić information content (AvgIpc) is 3.19. The first-order chi connectivity index (χ1) is 15.1. The number of methoxy groups -OCH3 is 1. The van der Waals surface area contributed by atoms with Crippen molar-refractivity contribution in [2.24, 2.45) is 5.92 Å². The molecular formula is C25H29FN2O4. The minimum absolute atomic E-state index is 0.0816. The Hall–Kier alpha value is -3.22. The number of halogens is 1. The number of hydrogen-bond donors (Lipinski definition) is 2. The second kappa shape index (κ2) is 9.51. The predicted octanol–water partition coefficient (Wildman–Crippen LogP) is 3.24. The third-order valence-electron chi connectivity index (χ3n) is 5.69. The van der Waals surface area contributed by atoms with Crippen molar-refractivity contribution in [3.8, 4) is 5.75 Å². The van der Waals surface area contributed by atoms with E-state index in [2.05, 4.69) is 10.6 Å². The molecule has 1 aliphatic rings. The van der Waals surface area contributed by atoms with E-state index in [0.29, 0.717) is 11.3 Å². The lowest BCUT2D eigenvalue weighted by molar-refractivity contribution is -0.130. The van der Waals surface area contributed by atoms with Crippen molar-refractivity contribution in [3.63, 3.8) is 0 Å². The zero-order valence-corrected chi connectivity index (χ0v) is 18.8. The Bertz CT molecular complexity index is 1010. The first-order valence-corrected chi connectivity index (χ1v) is 10.6. The number of ether oxygens (including phenoxy) is 1. The lowest BCUT2D eigenvalue weighted by Crippen LogP contribution is -2.39. The van der Waals surface area contributed by atoms with Gasteiger partial charge in [0.15, 0.2) is 5.78 Å². The van der Waals surface area contributed by atoms with Gasteiger partial charge in [0.1, 0.15) is 17.6 Å². The van der Waals surface area contributed by atoms with Crippen molar-refractivity contribution in [1.29, 1.82) is 0 Å². The zero-order chi connectivity index (χ0) is 23.5. The van der Waals surface area contributed by atoms with Gasteiger partial charge in [0.25, 0.3) is 0 Å². The van der Waals surface area contributed by atoms with Crippen LogP contribution in [0.15, 0.2) is 42.5 Å². The van der Waals surface area contributed by atoms with Gasteiger partial charge in [0.05, 0.1) is 13.0 Å². The molecule has 1 saturated heterocycles. The van der Waals surface area contributed by atoms with E-state index in [0.717, 1.165) is 5.56 Å². The number of rotatable bonds is 7. The number of ketones is 1. The fraction of sp³-hybridized carbons (Fsp3) is 0.400. The molecule has 0 saturated carbocycles. The van der Waals surface area contributed by atoms with Crippen molar-refractivity contribution >= 4 is 17.6 Å². The maximum Gasteiger partial charge on any atom is 0.226 e. The maximum absolute atomic E-state index is 14.8. The standard InChI is InChI=1S/C25H29FN2O4/c1-25(2,3)18-8-5-16(20(26)13-18)11-21(29)23(15-6-9-19(32-4)10-7-15)28-24(31)17-12-22(30)27-14-17/h5-10,13,17,23H,11-12,14H2,1-4H3,(H,27,30)(H,28,31).